The lowest BCUT2D eigenvalue weighted by Gasteiger charge is -2.24. The SMILES string of the molecule is CN(CC1CCCC1)CC(N)c1ccccc1F. The number of nitrogens with zero attached hydrogens (tertiary/aromatic N) is 1. The van der Waals surface area contributed by atoms with Crippen LogP contribution in [0.3, 0.4) is 0 Å². The first-order valence-electron chi connectivity index (χ1n) is 6.85. The molecule has 0 aromatic heterocycles. The molecular weight excluding hydrogens is 227 g/mol. The van der Waals surface area contributed by atoms with Crippen LogP contribution in [0.1, 0.15) is 37.3 Å². The summed E-state index contributed by atoms with van der Waals surface area (Å²) in [4.78, 5) is 2.24. The van der Waals surface area contributed by atoms with Crippen molar-refractivity contribution in [2.24, 2.45) is 11.7 Å². The molecular formula is C15H23FN2. The molecule has 1 atom stereocenters. The molecule has 0 saturated heterocycles. The molecule has 1 saturated carbocycles. The average molecular weight is 250 g/mol. The van der Waals surface area contributed by atoms with Gasteiger partial charge in [0.25, 0.3) is 0 Å². The van der Waals surface area contributed by atoms with Crippen LogP contribution in [0.2, 0.25) is 0 Å². The van der Waals surface area contributed by atoms with Gasteiger partial charge in [0.05, 0.1) is 0 Å². The molecule has 1 unspecified atom stereocenters. The van der Waals surface area contributed by atoms with Gasteiger partial charge in [0.15, 0.2) is 0 Å². The van der Waals surface area contributed by atoms with E-state index in [9.17, 15) is 4.39 Å². The van der Waals surface area contributed by atoms with Gasteiger partial charge in [-0.1, -0.05) is 31.0 Å². The first-order chi connectivity index (χ1) is 8.66. The molecule has 1 aromatic carbocycles. The molecule has 0 heterocycles. The van der Waals surface area contributed by atoms with Crippen molar-refractivity contribution in [3.63, 3.8) is 0 Å². The highest BCUT2D eigenvalue weighted by Gasteiger charge is 2.19. The molecule has 100 valence electrons. The van der Waals surface area contributed by atoms with Gasteiger partial charge in [-0.15, -0.1) is 0 Å². The summed E-state index contributed by atoms with van der Waals surface area (Å²) in [6.07, 6.45) is 5.38. The number of benzene rings is 1. The first kappa shape index (κ1) is 13.5. The van der Waals surface area contributed by atoms with Crippen LogP contribution in [-0.2, 0) is 0 Å². The lowest BCUT2D eigenvalue weighted by atomic mass is 10.0. The zero-order valence-electron chi connectivity index (χ0n) is 11.1. The second-order valence-electron chi connectivity index (χ2n) is 5.50. The maximum atomic E-state index is 13.6. The van der Waals surface area contributed by atoms with Gasteiger partial charge in [-0.25, -0.2) is 4.39 Å². The Morgan fingerprint density at radius 3 is 2.67 bits per heavy atom. The lowest BCUT2D eigenvalue weighted by Crippen LogP contribution is -2.32. The molecule has 1 aromatic rings. The van der Waals surface area contributed by atoms with Crippen molar-refractivity contribution in [1.82, 2.24) is 4.90 Å². The standard InChI is InChI=1S/C15H23FN2/c1-18(10-12-6-2-3-7-12)11-15(17)13-8-4-5-9-14(13)16/h4-5,8-9,12,15H,2-3,6-7,10-11,17H2,1H3. The molecule has 1 aliphatic carbocycles. The third-order valence-electron chi connectivity index (χ3n) is 3.86. The van der Waals surface area contributed by atoms with Crippen LogP contribution in [0.15, 0.2) is 24.3 Å². The predicted octanol–water partition coefficient (Wildman–Crippen LogP) is 2.95. The Kier molecular flexibility index (Phi) is 4.72. The van der Waals surface area contributed by atoms with E-state index in [0.717, 1.165) is 19.0 Å². The predicted molar refractivity (Wildman–Crippen MR) is 72.8 cm³/mol. The van der Waals surface area contributed by atoms with Gasteiger partial charge in [0.2, 0.25) is 0 Å². The highest BCUT2D eigenvalue weighted by Crippen LogP contribution is 2.25. The maximum absolute atomic E-state index is 13.6. The van der Waals surface area contributed by atoms with Crippen LogP contribution in [-0.4, -0.2) is 25.0 Å². The summed E-state index contributed by atoms with van der Waals surface area (Å²) >= 11 is 0. The van der Waals surface area contributed by atoms with Crippen LogP contribution >= 0.6 is 0 Å². The summed E-state index contributed by atoms with van der Waals surface area (Å²) in [7, 11) is 2.08. The van der Waals surface area contributed by atoms with E-state index in [4.69, 9.17) is 5.73 Å². The molecule has 1 fully saturated rings. The van der Waals surface area contributed by atoms with E-state index in [2.05, 4.69) is 11.9 Å². The number of rotatable bonds is 5. The molecule has 18 heavy (non-hydrogen) atoms. The second kappa shape index (κ2) is 6.30. The van der Waals surface area contributed by atoms with Gasteiger partial charge in [-0.2, -0.15) is 0 Å². The van der Waals surface area contributed by atoms with Gasteiger partial charge in [0.1, 0.15) is 5.82 Å². The van der Waals surface area contributed by atoms with Crippen molar-refractivity contribution in [2.45, 2.75) is 31.7 Å². The number of hydrogen-bond acceptors (Lipinski definition) is 2. The quantitative estimate of drug-likeness (QED) is 0.870. The number of hydrogen-bond donors (Lipinski definition) is 1. The van der Waals surface area contributed by atoms with Crippen molar-refractivity contribution in [1.29, 1.82) is 0 Å². The Morgan fingerprint density at radius 1 is 1.33 bits per heavy atom. The molecule has 0 amide bonds. The molecule has 2 N–H and O–H groups in total. The smallest absolute Gasteiger partial charge is 0.128 e. The van der Waals surface area contributed by atoms with E-state index in [1.54, 1.807) is 12.1 Å². The summed E-state index contributed by atoms with van der Waals surface area (Å²) in [5, 5.41) is 0. The Balaban J connectivity index is 1.86. The van der Waals surface area contributed by atoms with Crippen LogP contribution < -0.4 is 5.73 Å². The summed E-state index contributed by atoms with van der Waals surface area (Å²) in [5.74, 6) is 0.613. The topological polar surface area (TPSA) is 29.3 Å². The third kappa shape index (κ3) is 3.53. The third-order valence-corrected chi connectivity index (χ3v) is 3.86. The summed E-state index contributed by atoms with van der Waals surface area (Å²) < 4.78 is 13.6. The van der Waals surface area contributed by atoms with Crippen LogP contribution in [0.5, 0.6) is 0 Å². The molecule has 2 rings (SSSR count). The average Bonchev–Trinajstić information content (AvgIpc) is 2.82. The normalized spacial score (nSPS) is 18.4. The Bertz CT molecular complexity index is 375. The summed E-state index contributed by atoms with van der Waals surface area (Å²) in [5.41, 5.74) is 6.71. The fourth-order valence-electron chi connectivity index (χ4n) is 2.92. The minimum absolute atomic E-state index is 0.195. The Hall–Kier alpha value is -0.930. The van der Waals surface area contributed by atoms with Crippen molar-refractivity contribution in [3.05, 3.63) is 35.6 Å². The van der Waals surface area contributed by atoms with E-state index in [1.165, 1.54) is 31.7 Å². The number of halogens is 1. The van der Waals surface area contributed by atoms with Crippen molar-refractivity contribution in [2.75, 3.05) is 20.1 Å². The Morgan fingerprint density at radius 2 is 2.00 bits per heavy atom. The summed E-state index contributed by atoms with van der Waals surface area (Å²) in [6, 6.07) is 6.57. The highest BCUT2D eigenvalue weighted by atomic mass is 19.1. The van der Waals surface area contributed by atoms with Crippen LogP contribution in [0.4, 0.5) is 4.39 Å². The fourth-order valence-corrected chi connectivity index (χ4v) is 2.92. The van der Waals surface area contributed by atoms with Gasteiger partial charge in [0, 0.05) is 24.7 Å². The molecule has 2 nitrogen and oxygen atoms in total. The molecule has 0 bridgehead atoms. The maximum Gasteiger partial charge on any atom is 0.128 e. The summed E-state index contributed by atoms with van der Waals surface area (Å²) in [6.45, 7) is 1.81. The van der Waals surface area contributed by atoms with Crippen molar-refractivity contribution in [3.8, 4) is 0 Å². The molecule has 0 radical (unpaired) electrons. The monoisotopic (exact) mass is 250 g/mol. The van der Waals surface area contributed by atoms with E-state index in [1.807, 2.05) is 6.07 Å². The van der Waals surface area contributed by atoms with Gasteiger partial charge in [-0.3, -0.25) is 0 Å². The largest absolute Gasteiger partial charge is 0.323 e. The van der Waals surface area contributed by atoms with Crippen molar-refractivity contribution >= 4 is 0 Å². The molecule has 1 aliphatic rings. The number of likely N-dealkylation sites (N-methyl/N-ethyl adjacent to an activating group) is 1. The highest BCUT2D eigenvalue weighted by molar-refractivity contribution is 5.21. The van der Waals surface area contributed by atoms with Crippen LogP contribution in [0, 0.1) is 11.7 Å². The molecule has 0 spiro atoms. The first-order valence-corrected chi connectivity index (χ1v) is 6.85. The van der Waals surface area contributed by atoms with E-state index >= 15 is 0 Å². The van der Waals surface area contributed by atoms with E-state index in [-0.39, 0.29) is 11.9 Å². The lowest BCUT2D eigenvalue weighted by molar-refractivity contribution is 0.262. The van der Waals surface area contributed by atoms with Gasteiger partial charge >= 0.3 is 0 Å². The minimum atomic E-state index is -0.238. The van der Waals surface area contributed by atoms with Gasteiger partial charge < -0.3 is 10.6 Å². The zero-order valence-corrected chi connectivity index (χ0v) is 11.1. The Labute approximate surface area is 109 Å². The van der Waals surface area contributed by atoms with E-state index < -0.39 is 0 Å². The molecule has 3 heteroatoms. The number of nitrogens with two attached hydrogens (primary N) is 1. The van der Waals surface area contributed by atoms with Gasteiger partial charge in [-0.05, 0) is 31.9 Å². The molecule has 0 aliphatic heterocycles. The zero-order chi connectivity index (χ0) is 13.0. The minimum Gasteiger partial charge on any atom is -0.323 e. The van der Waals surface area contributed by atoms with E-state index in [0.29, 0.717) is 5.56 Å². The second-order valence-corrected chi connectivity index (χ2v) is 5.50. The van der Waals surface area contributed by atoms with Crippen molar-refractivity contribution < 1.29 is 4.39 Å². The fraction of sp³-hybridized carbons (Fsp3) is 0.600. The van der Waals surface area contributed by atoms with Crippen LogP contribution in [0.25, 0.3) is 0 Å².